The van der Waals surface area contributed by atoms with Gasteiger partial charge in [0.15, 0.2) is 5.70 Å². The van der Waals surface area contributed by atoms with Crippen molar-refractivity contribution in [2.45, 2.75) is 20.1 Å². The van der Waals surface area contributed by atoms with Gasteiger partial charge in [0.05, 0.1) is 7.11 Å². The summed E-state index contributed by atoms with van der Waals surface area (Å²) in [7, 11) is 1.26. The van der Waals surface area contributed by atoms with Gasteiger partial charge in [-0.15, -0.1) is 0 Å². The molecule has 2 rings (SSSR count). The number of hydrogen-bond acceptors (Lipinski definition) is 5. The Kier molecular flexibility index (Phi) is 3.25. The summed E-state index contributed by atoms with van der Waals surface area (Å²) < 4.78 is 10.1. The van der Waals surface area contributed by atoms with Gasteiger partial charge in [0.25, 0.3) is 0 Å². The Morgan fingerprint density at radius 1 is 1.33 bits per heavy atom. The van der Waals surface area contributed by atoms with E-state index in [1.165, 1.54) is 7.11 Å². The third-order valence-electron chi connectivity index (χ3n) is 2.81. The molecule has 0 spiro atoms. The van der Waals surface area contributed by atoms with Crippen LogP contribution in [-0.2, 0) is 14.3 Å². The van der Waals surface area contributed by atoms with E-state index in [0.717, 1.165) is 16.2 Å². The number of methoxy groups -OCH3 is 1. The zero-order chi connectivity index (χ0) is 13.3. The monoisotopic (exact) mass is 249 g/mol. The Hall–Kier alpha value is -2.01. The summed E-state index contributed by atoms with van der Waals surface area (Å²) in [6.07, 6.45) is -0.709. The topological polar surface area (TPSA) is 59.0 Å². The summed E-state index contributed by atoms with van der Waals surface area (Å²) in [6.45, 7) is 3.59. The van der Waals surface area contributed by atoms with Crippen LogP contribution in [-0.4, -0.2) is 23.3 Å². The number of esters is 1. The molecule has 0 aliphatic carbocycles. The molecular weight excluding hydrogens is 234 g/mol. The first-order valence-corrected chi connectivity index (χ1v) is 5.55. The van der Waals surface area contributed by atoms with Crippen LogP contribution >= 0.6 is 0 Å². The first-order chi connectivity index (χ1) is 8.54. The molecule has 0 radical (unpaired) electrons. The second-order valence-corrected chi connectivity index (χ2v) is 4.12. The van der Waals surface area contributed by atoms with Gasteiger partial charge in [-0.1, -0.05) is 29.8 Å². The van der Waals surface area contributed by atoms with Crippen LogP contribution in [0.25, 0.3) is 0 Å². The average Bonchev–Trinajstić information content (AvgIpc) is 2.65. The van der Waals surface area contributed by atoms with E-state index in [4.69, 9.17) is 4.74 Å². The molecule has 1 heterocycles. The van der Waals surface area contributed by atoms with Crippen LogP contribution in [0.2, 0.25) is 0 Å². The summed E-state index contributed by atoms with van der Waals surface area (Å²) in [5, 5.41) is 10.8. The van der Waals surface area contributed by atoms with Crippen LogP contribution in [0.3, 0.4) is 0 Å². The highest BCUT2D eigenvalue weighted by molar-refractivity contribution is 5.88. The minimum absolute atomic E-state index is 0.0306. The van der Waals surface area contributed by atoms with Gasteiger partial charge in [0, 0.05) is 5.56 Å². The molecule has 0 aromatic heterocycles. The lowest BCUT2D eigenvalue weighted by atomic mass is 10.1. The lowest BCUT2D eigenvalue weighted by Gasteiger charge is -2.20. The number of benzene rings is 1. The molecule has 0 fully saturated rings. The maximum absolute atomic E-state index is 11.5. The Morgan fingerprint density at radius 3 is 2.50 bits per heavy atom. The molecule has 0 saturated heterocycles. The number of nitrogens with zero attached hydrogens (tertiary/aromatic N) is 1. The number of carbonyl (C=O) groups excluding carboxylic acids is 1. The molecule has 0 amide bonds. The van der Waals surface area contributed by atoms with Crippen molar-refractivity contribution in [3.05, 3.63) is 46.8 Å². The van der Waals surface area contributed by atoms with Crippen molar-refractivity contribution in [1.29, 1.82) is 0 Å². The molecule has 1 aliphatic rings. The largest absolute Gasteiger partial charge is 0.466 e. The van der Waals surface area contributed by atoms with Crippen molar-refractivity contribution in [3.8, 4) is 0 Å². The van der Waals surface area contributed by atoms with E-state index in [1.807, 2.05) is 31.2 Å². The highest BCUT2D eigenvalue weighted by Gasteiger charge is 2.36. The van der Waals surface area contributed by atoms with E-state index in [1.54, 1.807) is 6.92 Å². The predicted molar refractivity (Wildman–Crippen MR) is 63.3 cm³/mol. The van der Waals surface area contributed by atoms with Crippen LogP contribution in [0, 0.1) is 6.92 Å². The summed E-state index contributed by atoms with van der Waals surface area (Å²) in [5.41, 5.74) is 1.91. The zero-order valence-corrected chi connectivity index (χ0v) is 10.5. The highest BCUT2D eigenvalue weighted by atomic mass is 16.6. The second-order valence-electron chi connectivity index (χ2n) is 4.12. The Labute approximate surface area is 105 Å². The first kappa shape index (κ1) is 12.4. The van der Waals surface area contributed by atoms with E-state index in [2.05, 4.69) is 4.74 Å². The van der Waals surface area contributed by atoms with Crippen molar-refractivity contribution in [2.75, 3.05) is 7.11 Å². The molecule has 1 unspecified atom stereocenters. The third-order valence-corrected chi connectivity index (χ3v) is 2.81. The second kappa shape index (κ2) is 4.70. The van der Waals surface area contributed by atoms with Crippen LogP contribution in [0.5, 0.6) is 0 Å². The molecule has 5 nitrogen and oxygen atoms in total. The van der Waals surface area contributed by atoms with Crippen molar-refractivity contribution in [3.63, 3.8) is 0 Å². The van der Waals surface area contributed by atoms with Crippen LogP contribution in [0.1, 0.15) is 24.3 Å². The number of carbonyl (C=O) groups is 1. The molecule has 18 heavy (non-hydrogen) atoms. The van der Waals surface area contributed by atoms with Gasteiger partial charge in [0.2, 0.25) is 6.23 Å². The minimum atomic E-state index is -0.709. The summed E-state index contributed by atoms with van der Waals surface area (Å²) >= 11 is 0. The molecule has 0 bridgehead atoms. The number of aryl methyl sites for hydroxylation is 1. The van der Waals surface area contributed by atoms with Gasteiger partial charge in [-0.05, 0) is 13.8 Å². The normalized spacial score (nSPS) is 18.9. The number of rotatable bonds is 2. The molecule has 0 saturated carbocycles. The van der Waals surface area contributed by atoms with Gasteiger partial charge in [-0.25, -0.2) is 9.86 Å². The number of hydroxylamine groups is 2. The van der Waals surface area contributed by atoms with Gasteiger partial charge < -0.3 is 9.47 Å². The number of allylic oxidation sites excluding steroid dienone is 1. The standard InChI is InChI=1S/C13H15NO4/c1-8-4-6-10(7-5-8)12-14(16)11(9(2)18-12)13(15)17-3/h4-7,12,16H,1-3H3. The van der Waals surface area contributed by atoms with Gasteiger partial charge >= 0.3 is 5.97 Å². The lowest BCUT2D eigenvalue weighted by molar-refractivity contribution is -0.166. The van der Waals surface area contributed by atoms with Crippen LogP contribution in [0.15, 0.2) is 35.7 Å². The average molecular weight is 249 g/mol. The van der Waals surface area contributed by atoms with Crippen molar-refractivity contribution >= 4 is 5.97 Å². The fourth-order valence-electron chi connectivity index (χ4n) is 1.83. The molecule has 1 N–H and O–H groups in total. The maximum Gasteiger partial charge on any atom is 0.360 e. The fraction of sp³-hybridized carbons (Fsp3) is 0.308. The summed E-state index contributed by atoms with van der Waals surface area (Å²) in [6, 6.07) is 7.52. The molecule has 96 valence electrons. The van der Waals surface area contributed by atoms with Crippen LogP contribution in [0.4, 0.5) is 0 Å². The predicted octanol–water partition coefficient (Wildman–Crippen LogP) is 2.12. The molecular formula is C13H15NO4. The minimum Gasteiger partial charge on any atom is -0.466 e. The molecule has 1 aromatic rings. The maximum atomic E-state index is 11.5. The summed E-state index contributed by atoms with van der Waals surface area (Å²) in [4.78, 5) is 11.5. The van der Waals surface area contributed by atoms with E-state index < -0.39 is 12.2 Å². The van der Waals surface area contributed by atoms with Crippen molar-refractivity contribution in [2.24, 2.45) is 0 Å². The van der Waals surface area contributed by atoms with Crippen molar-refractivity contribution in [1.82, 2.24) is 5.06 Å². The third kappa shape index (κ3) is 2.04. The highest BCUT2D eigenvalue weighted by Crippen LogP contribution is 2.35. The Morgan fingerprint density at radius 2 is 1.94 bits per heavy atom. The lowest BCUT2D eigenvalue weighted by Crippen LogP contribution is -2.25. The van der Waals surface area contributed by atoms with E-state index >= 15 is 0 Å². The smallest absolute Gasteiger partial charge is 0.360 e. The van der Waals surface area contributed by atoms with E-state index in [-0.39, 0.29) is 5.70 Å². The molecule has 1 aromatic carbocycles. The van der Waals surface area contributed by atoms with Crippen molar-refractivity contribution < 1.29 is 19.5 Å². The Bertz CT molecular complexity index is 492. The van der Waals surface area contributed by atoms with Gasteiger partial charge in [-0.3, -0.25) is 5.21 Å². The van der Waals surface area contributed by atoms with Gasteiger partial charge in [-0.2, -0.15) is 0 Å². The van der Waals surface area contributed by atoms with Crippen LogP contribution < -0.4 is 0 Å². The van der Waals surface area contributed by atoms with E-state index in [0.29, 0.717) is 5.76 Å². The quantitative estimate of drug-likeness (QED) is 0.813. The van der Waals surface area contributed by atoms with E-state index in [9.17, 15) is 10.0 Å². The number of hydrogen-bond donors (Lipinski definition) is 1. The zero-order valence-electron chi connectivity index (χ0n) is 10.5. The molecule has 5 heteroatoms. The SMILES string of the molecule is COC(=O)C1=C(C)OC(c2ccc(C)cc2)N1O. The summed E-state index contributed by atoms with van der Waals surface area (Å²) in [5.74, 6) is -0.278. The Balaban J connectivity index is 2.26. The molecule has 1 aliphatic heterocycles. The van der Waals surface area contributed by atoms with Gasteiger partial charge in [0.1, 0.15) is 5.76 Å². The first-order valence-electron chi connectivity index (χ1n) is 5.55. The fourth-order valence-corrected chi connectivity index (χ4v) is 1.83. The molecule has 1 atom stereocenters. The number of ether oxygens (including phenoxy) is 2.